The number of nitrogens with one attached hydrogen (secondary N) is 13. The molecule has 3 aliphatic heterocycles. The van der Waals surface area contributed by atoms with Crippen LogP contribution in [0, 0.1) is 46.5 Å². The van der Waals surface area contributed by atoms with Crippen molar-refractivity contribution in [2.24, 2.45) is 0 Å². The van der Waals surface area contributed by atoms with Crippen LogP contribution in [0.15, 0.2) is 97.1 Å². The molecule has 0 bridgehead atoms. The smallest absolute Gasteiger partial charge is 0.410 e. The van der Waals surface area contributed by atoms with E-state index in [9.17, 15) is 39.9 Å². The summed E-state index contributed by atoms with van der Waals surface area (Å²) in [6, 6.07) is 18.6. The molecular weight excluding hydrogens is 1630 g/mol. The first-order valence-corrected chi connectivity index (χ1v) is 39.4. The maximum absolute atomic E-state index is 14.1. The summed E-state index contributed by atoms with van der Waals surface area (Å²) < 4.78 is 125. The second-order valence-electron chi connectivity index (χ2n) is 30.2. The molecule has 0 spiro atoms. The number of likely N-dealkylation sites (tertiary alicyclic amines) is 1. The van der Waals surface area contributed by atoms with Gasteiger partial charge in [-0.1, -0.05) is 24.3 Å². The number of anilines is 16. The van der Waals surface area contributed by atoms with E-state index < -0.39 is 76.3 Å². The summed E-state index contributed by atoms with van der Waals surface area (Å²) in [5.41, 5.74) is 26.5. The molecule has 3 aliphatic rings. The Morgan fingerprint density at radius 2 is 0.782 bits per heavy atom. The predicted octanol–water partition coefficient (Wildman–Crippen LogP) is 13.7. The van der Waals surface area contributed by atoms with Crippen molar-refractivity contribution in [1.29, 1.82) is 0 Å². The summed E-state index contributed by atoms with van der Waals surface area (Å²) in [4.78, 5) is 63.3. The number of carbonyl (C=O) groups excluding carboxylic acids is 1. The Hall–Kier alpha value is -14.2. The largest absolute Gasteiger partial charge is 0.474 e. The van der Waals surface area contributed by atoms with E-state index in [2.05, 4.69) is 148 Å². The average Bonchev–Trinajstić information content (AvgIpc) is 1.54. The van der Waals surface area contributed by atoms with Crippen LogP contribution in [0.3, 0.4) is 0 Å². The third-order valence-corrected chi connectivity index (χ3v) is 19.0. The molecule has 0 aliphatic carbocycles. The molecule has 12 aromatic rings. The van der Waals surface area contributed by atoms with Gasteiger partial charge in [0.15, 0.2) is 17.5 Å². The molecule has 3 saturated heterocycles. The van der Waals surface area contributed by atoms with Crippen molar-refractivity contribution in [3.63, 3.8) is 0 Å². The number of nitrogen functional groups attached to an aromatic ring is 4. The maximum atomic E-state index is 14.1. The molecule has 0 saturated carbocycles. The molecule has 3 fully saturated rings. The zero-order valence-corrected chi connectivity index (χ0v) is 68.7. The van der Waals surface area contributed by atoms with Gasteiger partial charge < -0.3 is 89.9 Å². The van der Waals surface area contributed by atoms with Crippen LogP contribution >= 0.6 is 0 Å². The Kier molecular flexibility index (Phi) is 29.0. The Morgan fingerprint density at radius 3 is 1.13 bits per heavy atom. The van der Waals surface area contributed by atoms with Gasteiger partial charge in [-0.3, -0.25) is 20.4 Å². The lowest BCUT2D eigenvalue weighted by atomic mass is 9.94. The van der Waals surface area contributed by atoms with Crippen LogP contribution in [0.4, 0.5) is 135 Å². The summed E-state index contributed by atoms with van der Waals surface area (Å²) in [5, 5.41) is 55.5. The number of H-pyrrole nitrogens is 4. The van der Waals surface area contributed by atoms with Crippen molar-refractivity contribution in [3.05, 3.63) is 183 Å². The Labute approximate surface area is 704 Å². The first-order chi connectivity index (χ1) is 59.2. The van der Waals surface area contributed by atoms with E-state index in [1.54, 1.807) is 38.7 Å². The molecule has 21 N–H and O–H groups in total. The third-order valence-electron chi connectivity index (χ3n) is 19.0. The van der Waals surface area contributed by atoms with Crippen molar-refractivity contribution in [3.8, 4) is 5.88 Å². The Morgan fingerprint density at radius 1 is 0.435 bits per heavy atom. The topological polar surface area (TPSA) is 530 Å². The molecule has 656 valence electrons. The number of halogens is 8. The monoisotopic (exact) mass is 1720 g/mol. The van der Waals surface area contributed by atoms with Gasteiger partial charge in [-0.25, -0.2) is 39.9 Å². The first kappa shape index (κ1) is 89.1. The van der Waals surface area contributed by atoms with E-state index in [0.717, 1.165) is 99.6 Å². The minimum Gasteiger partial charge on any atom is -0.474 e. The molecule has 5 unspecified atom stereocenters. The molecule has 5 atom stereocenters. The fourth-order valence-corrected chi connectivity index (χ4v) is 13.1. The average molecular weight is 1720 g/mol. The van der Waals surface area contributed by atoms with Crippen molar-refractivity contribution >= 4 is 101 Å². The highest BCUT2D eigenvalue weighted by Gasteiger charge is 2.30. The van der Waals surface area contributed by atoms with Crippen LogP contribution < -0.4 is 75.5 Å². The van der Waals surface area contributed by atoms with E-state index in [4.69, 9.17) is 37.1 Å². The van der Waals surface area contributed by atoms with Gasteiger partial charge in [0.25, 0.3) is 0 Å². The van der Waals surface area contributed by atoms with Crippen LogP contribution in [-0.4, -0.2) is 156 Å². The zero-order valence-electron chi connectivity index (χ0n) is 68.7. The predicted molar refractivity (Wildman–Crippen MR) is 446 cm³/mol. The second-order valence-corrected chi connectivity index (χ2v) is 30.2. The lowest BCUT2D eigenvalue weighted by Gasteiger charge is -2.33. The number of benzene rings is 4. The number of piperidine rings is 2. The molecular formula is C78H94F8N34O4. The summed E-state index contributed by atoms with van der Waals surface area (Å²) in [6.45, 7) is 20.0. The van der Waals surface area contributed by atoms with Gasteiger partial charge in [-0.2, -0.15) is 75.1 Å². The molecule has 0 radical (unpaired) electrons. The fourth-order valence-electron chi connectivity index (χ4n) is 13.1. The Balaban J connectivity index is 0.000000152. The van der Waals surface area contributed by atoms with Gasteiger partial charge >= 0.3 is 6.09 Å². The third kappa shape index (κ3) is 25.4. The quantitative estimate of drug-likeness (QED) is 0.0236. The van der Waals surface area contributed by atoms with Crippen LogP contribution in [0.1, 0.15) is 182 Å². The maximum Gasteiger partial charge on any atom is 0.410 e. The number of aromatic amines is 4. The summed E-state index contributed by atoms with van der Waals surface area (Å²) in [6.07, 6.45) is 5.27. The van der Waals surface area contributed by atoms with Crippen molar-refractivity contribution in [2.45, 2.75) is 155 Å². The lowest BCUT2D eigenvalue weighted by molar-refractivity contribution is 0.0203. The van der Waals surface area contributed by atoms with Gasteiger partial charge in [0.2, 0.25) is 77.3 Å². The normalized spacial score (nSPS) is 15.1. The highest BCUT2D eigenvalue weighted by atomic mass is 19.2. The van der Waals surface area contributed by atoms with Crippen molar-refractivity contribution < 1.29 is 54.1 Å². The number of hydrogen-bond acceptors (Lipinski definition) is 33. The van der Waals surface area contributed by atoms with Crippen LogP contribution in [-0.2, 0) is 9.47 Å². The number of nitrogens with zero attached hydrogens (tertiary/aromatic N) is 17. The van der Waals surface area contributed by atoms with E-state index in [1.807, 2.05) is 52.8 Å². The lowest BCUT2D eigenvalue weighted by Crippen LogP contribution is -2.41. The Bertz CT molecular complexity index is 5580. The van der Waals surface area contributed by atoms with Crippen LogP contribution in [0.5, 0.6) is 5.88 Å². The first-order valence-electron chi connectivity index (χ1n) is 39.4. The van der Waals surface area contributed by atoms with Crippen LogP contribution in [0.25, 0.3) is 0 Å². The molecule has 1 amide bonds. The SMILES string of the molecule is CC(C)Oc1cc(Nc2nc(N)nc(NC(C)c3ccc(F)cc3F)n2)[nH]n1.CC(Nc1nc(N)nc(Nc2cc(C3CCCO3)[nH]n2)n1)c1ccc(F)cc1F.CC(Nc1nc(N)nc(Nc2cc(C3CCN(C(=O)OC(C)(C)C)CC3)[nH]n2)n1)c1ccc(F)cc1F.CC(Nc1nc(N)nc(Nc2cc(C3CCNCC3)[nH]n2)n1)c1ccc(F)cc1F. The number of aromatic nitrogens is 20. The summed E-state index contributed by atoms with van der Waals surface area (Å²) >= 11 is 0. The number of carbonyl (C=O) groups is 1. The summed E-state index contributed by atoms with van der Waals surface area (Å²) in [7, 11) is 0. The number of ether oxygens (including phenoxy) is 3. The summed E-state index contributed by atoms with van der Waals surface area (Å²) in [5.74, 6) is -1.01. The van der Waals surface area contributed by atoms with Gasteiger partial charge in [0.05, 0.1) is 42.1 Å². The molecule has 38 nitrogen and oxygen atoms in total. The minimum absolute atomic E-state index is 0.00380. The molecule has 8 aromatic heterocycles. The fraction of sp³-hybridized carbons (Fsp3) is 0.372. The van der Waals surface area contributed by atoms with Gasteiger partial charge in [0.1, 0.15) is 58.0 Å². The number of amides is 1. The van der Waals surface area contributed by atoms with E-state index in [-0.39, 0.29) is 118 Å². The number of nitrogens with two attached hydrogens (primary N) is 4. The molecule has 4 aromatic carbocycles. The van der Waals surface area contributed by atoms with Gasteiger partial charge in [-0.15, -0.1) is 5.10 Å². The van der Waals surface area contributed by atoms with Crippen molar-refractivity contribution in [1.82, 2.24) is 111 Å². The zero-order chi connectivity index (χ0) is 88.5. The van der Waals surface area contributed by atoms with E-state index in [1.165, 1.54) is 48.5 Å². The van der Waals surface area contributed by atoms with Crippen molar-refractivity contribution in [2.75, 3.05) is 98.3 Å². The van der Waals surface area contributed by atoms with Crippen LogP contribution in [0.2, 0.25) is 0 Å². The second kappa shape index (κ2) is 40.4. The minimum atomic E-state index is -0.679. The van der Waals surface area contributed by atoms with E-state index in [0.29, 0.717) is 48.2 Å². The molecule has 124 heavy (non-hydrogen) atoms. The highest BCUT2D eigenvalue weighted by Crippen LogP contribution is 2.34. The van der Waals surface area contributed by atoms with E-state index >= 15 is 0 Å². The highest BCUT2D eigenvalue weighted by molar-refractivity contribution is 5.68. The number of hydrogen-bond donors (Lipinski definition) is 17. The molecule has 15 rings (SSSR count). The molecule has 46 heteroatoms. The van der Waals surface area contributed by atoms with Gasteiger partial charge in [0, 0.05) is 114 Å². The van der Waals surface area contributed by atoms with Gasteiger partial charge in [-0.05, 0) is 138 Å². The standard InChI is InChI=1S/C24H31F2N9O2.C19H23F2N9.C18H20F2N8O.C17H20F2N8O/c1-13(16-6-5-15(25)11-17(16)26)28-21-30-20(27)31-22(32-21)29-19-12-18(33-34-19)14-7-9-35(10-8-14)23(36)37-24(2,3)4;1-10(13-3-2-12(20)8-14(13)21)24-18-26-17(22)27-19(28-18)25-16-9-15(29-30-16)11-4-6-23-7-5-11;1-9(11-5-4-10(19)7-12(11)20)22-17-24-16(21)25-18(26-17)23-15-8-13(27-28-15)14-3-2-6-29-14;1-8(2)28-14-7-13(26-27-14)22-17-24-15(20)23-16(25-17)21-9(3)11-5-4-10(18)6-12(11)19/h5-6,11-14H,7-10H2,1-4H3,(H5,27,28,29,30,31,32,33,34);2-3,8-11,23H,4-7H2,1H3,(H5,22,24,25,26,27,28,29,30);4-5,7-9,14H,2-3,6H2,1H3,(H5,21,22,23,24,25,26,27,28);4-9H,1-3H3,(H5,20,21,22,23,24,25,26,27). The molecule has 11 heterocycles. The number of rotatable bonds is 25.